The summed E-state index contributed by atoms with van der Waals surface area (Å²) in [5.41, 5.74) is 2.72. The second-order valence-corrected chi connectivity index (χ2v) is 6.77. The monoisotopic (exact) mass is 383 g/mol. The zero-order chi connectivity index (χ0) is 19.2. The zero-order valence-corrected chi connectivity index (χ0v) is 16.2. The summed E-state index contributed by atoms with van der Waals surface area (Å²) in [7, 11) is 3.22. The summed E-state index contributed by atoms with van der Waals surface area (Å²) in [5, 5.41) is 3.61. The number of thioether (sulfide) groups is 1. The first kappa shape index (κ1) is 18.8. The van der Waals surface area contributed by atoms with Gasteiger partial charge < -0.3 is 14.8 Å². The van der Waals surface area contributed by atoms with Gasteiger partial charge in [-0.25, -0.2) is 4.98 Å². The van der Waals surface area contributed by atoms with Crippen LogP contribution in [0, 0.1) is 6.92 Å². The molecule has 0 aliphatic heterocycles. The van der Waals surface area contributed by atoms with Crippen molar-refractivity contribution >= 4 is 23.4 Å². The largest absolute Gasteiger partial charge is 0.497 e. The van der Waals surface area contributed by atoms with Crippen LogP contribution in [0.3, 0.4) is 0 Å². The number of hydrogen-bond acceptors (Lipinski definition) is 5. The third-order valence-electron chi connectivity index (χ3n) is 3.89. The number of nitrogens with one attached hydrogen (secondary N) is 1. The number of aromatic nitrogens is 2. The summed E-state index contributed by atoms with van der Waals surface area (Å²) < 4.78 is 12.6. The van der Waals surface area contributed by atoms with Gasteiger partial charge in [0.25, 0.3) is 0 Å². The minimum atomic E-state index is -0.0816. The average molecular weight is 383 g/mol. The minimum absolute atomic E-state index is 0.0816. The normalized spacial score (nSPS) is 10.5. The van der Waals surface area contributed by atoms with E-state index in [-0.39, 0.29) is 11.7 Å². The summed E-state index contributed by atoms with van der Waals surface area (Å²) in [6.45, 7) is 1.99. The number of ether oxygens (including phenoxy) is 2. The number of amides is 1. The van der Waals surface area contributed by atoms with Crippen LogP contribution in [0.25, 0.3) is 5.69 Å². The van der Waals surface area contributed by atoms with Gasteiger partial charge in [0.2, 0.25) is 5.91 Å². The number of hydrogen-bond donors (Lipinski definition) is 1. The summed E-state index contributed by atoms with van der Waals surface area (Å²) >= 11 is 1.36. The number of imidazole rings is 1. The third kappa shape index (κ3) is 4.62. The number of anilines is 1. The van der Waals surface area contributed by atoms with Gasteiger partial charge in [0.05, 0.1) is 25.7 Å². The molecule has 3 rings (SSSR count). The lowest BCUT2D eigenvalue weighted by Crippen LogP contribution is -2.14. The van der Waals surface area contributed by atoms with Gasteiger partial charge in [0.15, 0.2) is 5.16 Å². The minimum Gasteiger partial charge on any atom is -0.497 e. The highest BCUT2D eigenvalue weighted by molar-refractivity contribution is 7.99. The van der Waals surface area contributed by atoms with Crippen LogP contribution in [-0.4, -0.2) is 35.4 Å². The van der Waals surface area contributed by atoms with E-state index in [1.54, 1.807) is 20.4 Å². The number of nitrogens with zero attached hydrogens (tertiary/aromatic N) is 2. The highest BCUT2D eigenvalue weighted by atomic mass is 32.2. The Morgan fingerprint density at radius 3 is 2.78 bits per heavy atom. The second-order valence-electron chi connectivity index (χ2n) is 5.82. The molecule has 7 heteroatoms. The smallest absolute Gasteiger partial charge is 0.234 e. The number of aryl methyl sites for hydroxylation is 1. The Morgan fingerprint density at radius 2 is 2.04 bits per heavy atom. The van der Waals surface area contributed by atoms with Crippen molar-refractivity contribution in [3.8, 4) is 17.2 Å². The van der Waals surface area contributed by atoms with Crippen molar-refractivity contribution in [2.75, 3.05) is 25.3 Å². The molecule has 2 aromatic carbocycles. The molecule has 1 heterocycles. The van der Waals surface area contributed by atoms with Crippen LogP contribution in [0.2, 0.25) is 0 Å². The SMILES string of the molecule is COc1ccc(-n2ccnc2SCC(=O)Nc2cccc(C)c2)c(OC)c1. The van der Waals surface area contributed by atoms with E-state index >= 15 is 0 Å². The Balaban J connectivity index is 1.71. The highest BCUT2D eigenvalue weighted by Gasteiger charge is 2.13. The van der Waals surface area contributed by atoms with Gasteiger partial charge in [-0.05, 0) is 36.8 Å². The van der Waals surface area contributed by atoms with Gasteiger partial charge >= 0.3 is 0 Å². The molecule has 6 nitrogen and oxygen atoms in total. The van der Waals surface area contributed by atoms with Gasteiger partial charge in [0.1, 0.15) is 11.5 Å². The van der Waals surface area contributed by atoms with Gasteiger partial charge in [-0.15, -0.1) is 0 Å². The summed E-state index contributed by atoms with van der Waals surface area (Å²) in [6.07, 6.45) is 3.54. The Kier molecular flexibility index (Phi) is 6.03. The molecule has 0 atom stereocenters. The van der Waals surface area contributed by atoms with Crippen LogP contribution in [0.1, 0.15) is 5.56 Å². The Bertz CT molecular complexity index is 940. The van der Waals surface area contributed by atoms with E-state index in [2.05, 4.69) is 10.3 Å². The van der Waals surface area contributed by atoms with Crippen LogP contribution in [0.15, 0.2) is 60.0 Å². The molecule has 27 heavy (non-hydrogen) atoms. The zero-order valence-electron chi connectivity index (χ0n) is 15.4. The van der Waals surface area contributed by atoms with Crippen molar-refractivity contribution in [2.45, 2.75) is 12.1 Å². The number of benzene rings is 2. The van der Waals surface area contributed by atoms with Crippen LogP contribution in [0.4, 0.5) is 5.69 Å². The predicted molar refractivity (Wildman–Crippen MR) is 107 cm³/mol. The van der Waals surface area contributed by atoms with Gasteiger partial charge in [-0.3, -0.25) is 9.36 Å². The Hall–Kier alpha value is -2.93. The lowest BCUT2D eigenvalue weighted by Gasteiger charge is -2.13. The van der Waals surface area contributed by atoms with E-state index in [0.29, 0.717) is 16.7 Å². The molecule has 0 aliphatic carbocycles. The van der Waals surface area contributed by atoms with E-state index in [9.17, 15) is 4.79 Å². The fourth-order valence-electron chi connectivity index (χ4n) is 2.61. The Labute approximate surface area is 162 Å². The fraction of sp³-hybridized carbons (Fsp3) is 0.200. The fourth-order valence-corrected chi connectivity index (χ4v) is 3.38. The lowest BCUT2D eigenvalue weighted by molar-refractivity contribution is -0.113. The van der Waals surface area contributed by atoms with E-state index < -0.39 is 0 Å². The lowest BCUT2D eigenvalue weighted by atomic mass is 10.2. The molecule has 0 radical (unpaired) electrons. The molecular weight excluding hydrogens is 362 g/mol. The number of carbonyl (C=O) groups is 1. The summed E-state index contributed by atoms with van der Waals surface area (Å²) in [4.78, 5) is 16.6. The van der Waals surface area contributed by atoms with Crippen molar-refractivity contribution in [1.29, 1.82) is 0 Å². The van der Waals surface area contributed by atoms with E-state index in [4.69, 9.17) is 9.47 Å². The maximum Gasteiger partial charge on any atom is 0.234 e. The highest BCUT2D eigenvalue weighted by Crippen LogP contribution is 2.30. The molecule has 0 unspecified atom stereocenters. The second kappa shape index (κ2) is 8.64. The quantitative estimate of drug-likeness (QED) is 0.626. The molecule has 0 fully saturated rings. The van der Waals surface area contributed by atoms with Crippen molar-refractivity contribution in [1.82, 2.24) is 9.55 Å². The first-order valence-corrected chi connectivity index (χ1v) is 9.34. The molecule has 0 aliphatic rings. The van der Waals surface area contributed by atoms with Crippen LogP contribution in [-0.2, 0) is 4.79 Å². The molecule has 1 aromatic heterocycles. The molecule has 3 aromatic rings. The Morgan fingerprint density at radius 1 is 1.19 bits per heavy atom. The first-order valence-electron chi connectivity index (χ1n) is 8.36. The van der Waals surface area contributed by atoms with Crippen LogP contribution < -0.4 is 14.8 Å². The van der Waals surface area contributed by atoms with Crippen LogP contribution in [0.5, 0.6) is 11.5 Å². The molecule has 0 saturated carbocycles. The average Bonchev–Trinajstić information content (AvgIpc) is 3.14. The standard InChI is InChI=1S/C20H21N3O3S/c1-14-5-4-6-15(11-14)22-19(24)13-27-20-21-9-10-23(20)17-8-7-16(25-2)12-18(17)26-3/h4-12H,13H2,1-3H3,(H,22,24). The molecule has 1 amide bonds. The molecule has 0 saturated heterocycles. The maximum atomic E-state index is 12.3. The van der Waals surface area contributed by atoms with E-state index in [1.165, 1.54) is 11.8 Å². The van der Waals surface area contributed by atoms with Gasteiger partial charge in [0, 0.05) is 24.1 Å². The maximum absolute atomic E-state index is 12.3. The predicted octanol–water partition coefficient (Wildman–Crippen LogP) is 3.93. The van der Waals surface area contributed by atoms with Crippen LogP contribution >= 0.6 is 11.8 Å². The first-order chi connectivity index (χ1) is 13.1. The summed E-state index contributed by atoms with van der Waals surface area (Å²) in [5.74, 6) is 1.55. The summed E-state index contributed by atoms with van der Waals surface area (Å²) in [6, 6.07) is 13.3. The number of rotatable bonds is 7. The van der Waals surface area contributed by atoms with Crippen molar-refractivity contribution in [2.24, 2.45) is 0 Å². The topological polar surface area (TPSA) is 65.4 Å². The van der Waals surface area contributed by atoms with E-state index in [0.717, 1.165) is 16.9 Å². The number of methoxy groups -OCH3 is 2. The number of carbonyl (C=O) groups excluding carboxylic acids is 1. The third-order valence-corrected chi connectivity index (χ3v) is 4.85. The molecule has 140 valence electrons. The van der Waals surface area contributed by atoms with Gasteiger partial charge in [-0.2, -0.15) is 0 Å². The molecule has 0 bridgehead atoms. The van der Waals surface area contributed by atoms with Crippen molar-refractivity contribution < 1.29 is 14.3 Å². The van der Waals surface area contributed by atoms with Crippen molar-refractivity contribution in [3.63, 3.8) is 0 Å². The van der Waals surface area contributed by atoms with E-state index in [1.807, 2.05) is 60.2 Å². The molecule has 1 N–H and O–H groups in total. The molecular formula is C20H21N3O3S. The van der Waals surface area contributed by atoms with Crippen molar-refractivity contribution in [3.05, 3.63) is 60.4 Å². The van der Waals surface area contributed by atoms with Gasteiger partial charge in [-0.1, -0.05) is 23.9 Å². The molecule has 0 spiro atoms.